The van der Waals surface area contributed by atoms with E-state index in [1.807, 2.05) is 24.0 Å². The lowest BCUT2D eigenvalue weighted by molar-refractivity contribution is -0.139. The first-order valence-electron chi connectivity index (χ1n) is 8.74. The molecule has 2 fully saturated rings. The Morgan fingerprint density at radius 3 is 2.62 bits per heavy atom. The number of rotatable bonds is 3. The summed E-state index contributed by atoms with van der Waals surface area (Å²) in [5, 5.41) is 4.07. The fraction of sp³-hybridized carbons (Fsp3) is 0.611. The van der Waals surface area contributed by atoms with Crippen LogP contribution in [0.1, 0.15) is 18.9 Å². The summed E-state index contributed by atoms with van der Waals surface area (Å²) in [6.07, 6.45) is 0.945. The van der Waals surface area contributed by atoms with Crippen LogP contribution in [0.2, 0.25) is 5.02 Å². The lowest BCUT2D eigenvalue weighted by atomic mass is 10.1. The van der Waals surface area contributed by atoms with Gasteiger partial charge in [0.1, 0.15) is 6.04 Å². The SMILES string of the molecule is C[C@H]1OCCN[C@@H]1C(=O)N1CCCN(Cc2ccc(Cl)cc2)CC1.Cl.Cl. The van der Waals surface area contributed by atoms with Crippen molar-refractivity contribution in [3.63, 3.8) is 0 Å². The van der Waals surface area contributed by atoms with Gasteiger partial charge in [-0.15, -0.1) is 24.8 Å². The average molecular weight is 425 g/mol. The molecule has 1 N–H and O–H groups in total. The summed E-state index contributed by atoms with van der Waals surface area (Å²) in [6.45, 7) is 7.81. The van der Waals surface area contributed by atoms with Crippen molar-refractivity contribution >= 4 is 42.3 Å². The summed E-state index contributed by atoms with van der Waals surface area (Å²) in [4.78, 5) is 17.2. The molecule has 148 valence electrons. The molecular weight excluding hydrogens is 397 g/mol. The number of hydrogen-bond donors (Lipinski definition) is 1. The molecule has 0 aliphatic carbocycles. The first-order valence-corrected chi connectivity index (χ1v) is 9.12. The minimum absolute atomic E-state index is 0. The second kappa shape index (κ2) is 11.3. The predicted octanol–water partition coefficient (Wildman–Crippen LogP) is 2.59. The zero-order valence-corrected chi connectivity index (χ0v) is 17.4. The maximum Gasteiger partial charge on any atom is 0.242 e. The molecule has 2 aliphatic heterocycles. The Balaban J connectivity index is 0.00000169. The van der Waals surface area contributed by atoms with Gasteiger partial charge in [0, 0.05) is 44.3 Å². The van der Waals surface area contributed by atoms with E-state index in [0.29, 0.717) is 6.61 Å². The third-order valence-electron chi connectivity index (χ3n) is 4.80. The van der Waals surface area contributed by atoms with Crippen LogP contribution in [0, 0.1) is 0 Å². The number of benzene rings is 1. The van der Waals surface area contributed by atoms with Gasteiger partial charge in [-0.2, -0.15) is 0 Å². The Morgan fingerprint density at radius 2 is 1.92 bits per heavy atom. The molecule has 2 saturated heterocycles. The van der Waals surface area contributed by atoms with E-state index in [4.69, 9.17) is 16.3 Å². The number of ether oxygens (including phenoxy) is 1. The zero-order chi connectivity index (χ0) is 16.9. The van der Waals surface area contributed by atoms with Crippen molar-refractivity contribution < 1.29 is 9.53 Å². The van der Waals surface area contributed by atoms with Crippen molar-refractivity contribution in [1.82, 2.24) is 15.1 Å². The van der Waals surface area contributed by atoms with Crippen molar-refractivity contribution in [3.05, 3.63) is 34.9 Å². The Hall–Kier alpha value is -0.560. The maximum absolute atomic E-state index is 12.8. The molecule has 2 atom stereocenters. The van der Waals surface area contributed by atoms with Gasteiger partial charge in [0.2, 0.25) is 5.91 Å². The van der Waals surface area contributed by atoms with Crippen LogP contribution in [-0.2, 0) is 16.1 Å². The van der Waals surface area contributed by atoms with Gasteiger partial charge in [-0.05, 0) is 31.0 Å². The summed E-state index contributed by atoms with van der Waals surface area (Å²) in [6, 6.07) is 7.80. The Kier molecular flexibility index (Phi) is 10.2. The highest BCUT2D eigenvalue weighted by atomic mass is 35.5. The highest BCUT2D eigenvalue weighted by molar-refractivity contribution is 6.30. The van der Waals surface area contributed by atoms with Gasteiger partial charge >= 0.3 is 0 Å². The van der Waals surface area contributed by atoms with E-state index in [1.165, 1.54) is 5.56 Å². The second-order valence-electron chi connectivity index (χ2n) is 6.59. The van der Waals surface area contributed by atoms with Gasteiger partial charge < -0.3 is 15.0 Å². The summed E-state index contributed by atoms with van der Waals surface area (Å²) in [7, 11) is 0. The molecule has 1 aromatic carbocycles. The van der Waals surface area contributed by atoms with Crippen LogP contribution in [0.15, 0.2) is 24.3 Å². The minimum Gasteiger partial charge on any atom is -0.375 e. The monoisotopic (exact) mass is 423 g/mol. The maximum atomic E-state index is 12.8. The largest absolute Gasteiger partial charge is 0.375 e. The number of morpholine rings is 1. The van der Waals surface area contributed by atoms with E-state index < -0.39 is 0 Å². The summed E-state index contributed by atoms with van der Waals surface area (Å²) < 4.78 is 5.61. The van der Waals surface area contributed by atoms with Crippen LogP contribution in [0.3, 0.4) is 0 Å². The Bertz CT molecular complexity index is 559. The molecule has 8 heteroatoms. The number of carbonyl (C=O) groups excluding carboxylic acids is 1. The van der Waals surface area contributed by atoms with Crippen molar-refractivity contribution in [1.29, 1.82) is 0 Å². The average Bonchev–Trinajstić information content (AvgIpc) is 2.82. The Morgan fingerprint density at radius 1 is 1.19 bits per heavy atom. The number of carbonyl (C=O) groups is 1. The van der Waals surface area contributed by atoms with Gasteiger partial charge in [-0.1, -0.05) is 23.7 Å². The van der Waals surface area contributed by atoms with Crippen LogP contribution in [0.5, 0.6) is 0 Å². The molecule has 0 radical (unpaired) electrons. The predicted molar refractivity (Wildman–Crippen MR) is 110 cm³/mol. The second-order valence-corrected chi connectivity index (χ2v) is 7.03. The van der Waals surface area contributed by atoms with Crippen LogP contribution in [-0.4, -0.2) is 67.2 Å². The van der Waals surface area contributed by atoms with E-state index >= 15 is 0 Å². The topological polar surface area (TPSA) is 44.8 Å². The van der Waals surface area contributed by atoms with Gasteiger partial charge in [0.25, 0.3) is 0 Å². The molecule has 0 aromatic heterocycles. The van der Waals surface area contributed by atoms with Crippen LogP contribution in [0.25, 0.3) is 0 Å². The normalized spacial score (nSPS) is 24.2. The summed E-state index contributed by atoms with van der Waals surface area (Å²) in [5.41, 5.74) is 1.26. The van der Waals surface area contributed by atoms with Gasteiger partial charge in [0.15, 0.2) is 0 Å². The first-order chi connectivity index (χ1) is 11.6. The highest BCUT2D eigenvalue weighted by Crippen LogP contribution is 2.14. The zero-order valence-electron chi connectivity index (χ0n) is 15.0. The molecule has 0 bridgehead atoms. The highest BCUT2D eigenvalue weighted by Gasteiger charge is 2.32. The van der Waals surface area contributed by atoms with E-state index in [-0.39, 0.29) is 42.9 Å². The van der Waals surface area contributed by atoms with E-state index in [9.17, 15) is 4.79 Å². The minimum atomic E-state index is -0.207. The summed E-state index contributed by atoms with van der Waals surface area (Å²) in [5.74, 6) is 0.176. The van der Waals surface area contributed by atoms with Gasteiger partial charge in [0.05, 0.1) is 12.7 Å². The van der Waals surface area contributed by atoms with Gasteiger partial charge in [-0.3, -0.25) is 9.69 Å². The number of hydrogen-bond acceptors (Lipinski definition) is 4. The molecule has 5 nitrogen and oxygen atoms in total. The summed E-state index contributed by atoms with van der Waals surface area (Å²) >= 11 is 5.95. The quantitative estimate of drug-likeness (QED) is 0.810. The molecule has 1 amide bonds. The third-order valence-corrected chi connectivity index (χ3v) is 5.05. The van der Waals surface area contributed by atoms with Gasteiger partial charge in [-0.25, -0.2) is 0 Å². The van der Waals surface area contributed by atoms with E-state index in [0.717, 1.165) is 50.7 Å². The fourth-order valence-electron chi connectivity index (χ4n) is 3.40. The lowest BCUT2D eigenvalue weighted by Crippen LogP contribution is -2.56. The molecular formula is C18H28Cl3N3O2. The van der Waals surface area contributed by atoms with E-state index in [1.54, 1.807) is 0 Å². The number of halogens is 3. The molecule has 0 unspecified atom stereocenters. The standard InChI is InChI=1S/C18H26ClN3O2.2ClH/c1-14-17(20-7-12-24-14)18(23)22-9-2-8-21(10-11-22)13-15-3-5-16(19)6-4-15;;/h3-6,14,17,20H,2,7-13H2,1H3;2*1H/t14-,17+;;/m1../s1. The smallest absolute Gasteiger partial charge is 0.242 e. The number of nitrogens with zero attached hydrogens (tertiary/aromatic N) is 2. The molecule has 3 rings (SSSR count). The van der Waals surface area contributed by atoms with Crippen LogP contribution in [0.4, 0.5) is 0 Å². The molecule has 26 heavy (non-hydrogen) atoms. The molecule has 2 heterocycles. The van der Waals surface area contributed by atoms with Crippen LogP contribution < -0.4 is 5.32 Å². The van der Waals surface area contributed by atoms with Crippen molar-refractivity contribution in [2.24, 2.45) is 0 Å². The van der Waals surface area contributed by atoms with Crippen LogP contribution >= 0.6 is 36.4 Å². The Labute approximate surface area is 173 Å². The number of nitrogens with one attached hydrogen (secondary N) is 1. The molecule has 0 saturated carbocycles. The third kappa shape index (κ3) is 6.25. The first kappa shape index (κ1) is 23.5. The fourth-order valence-corrected chi connectivity index (χ4v) is 3.53. The molecule has 1 aromatic rings. The molecule has 2 aliphatic rings. The van der Waals surface area contributed by atoms with Crippen molar-refractivity contribution in [3.8, 4) is 0 Å². The van der Waals surface area contributed by atoms with Crippen molar-refractivity contribution in [2.75, 3.05) is 39.3 Å². The number of amides is 1. The lowest BCUT2D eigenvalue weighted by Gasteiger charge is -2.33. The van der Waals surface area contributed by atoms with E-state index in [2.05, 4.69) is 22.3 Å². The van der Waals surface area contributed by atoms with Crippen molar-refractivity contribution in [2.45, 2.75) is 32.0 Å². The molecule has 0 spiro atoms.